The van der Waals surface area contributed by atoms with Crippen molar-refractivity contribution in [1.29, 1.82) is 0 Å². The molecule has 0 spiro atoms. The number of allylic oxidation sites excluding steroid dienone is 2. The second kappa shape index (κ2) is 3.19. The molecule has 2 aliphatic rings. The van der Waals surface area contributed by atoms with Crippen molar-refractivity contribution in [1.82, 2.24) is 0 Å². The van der Waals surface area contributed by atoms with Gasteiger partial charge in [-0.3, -0.25) is 0 Å². The highest BCUT2D eigenvalue weighted by Gasteiger charge is 2.42. The third-order valence-electron chi connectivity index (χ3n) is 3.49. The maximum Gasteiger partial charge on any atom is 0.0465 e. The Kier molecular flexibility index (Phi) is 2.20. The molecule has 0 heterocycles. The van der Waals surface area contributed by atoms with Gasteiger partial charge in [0.05, 0.1) is 0 Å². The largest absolute Gasteiger partial charge is 0.396 e. The van der Waals surface area contributed by atoms with Gasteiger partial charge in [-0.15, -0.1) is 0 Å². The van der Waals surface area contributed by atoms with E-state index >= 15 is 0 Å². The van der Waals surface area contributed by atoms with Crippen molar-refractivity contribution < 1.29 is 10.2 Å². The van der Waals surface area contributed by atoms with Crippen molar-refractivity contribution >= 4 is 0 Å². The van der Waals surface area contributed by atoms with Gasteiger partial charge in [-0.1, -0.05) is 12.2 Å². The van der Waals surface area contributed by atoms with Gasteiger partial charge in [0, 0.05) is 13.2 Å². The van der Waals surface area contributed by atoms with Gasteiger partial charge in [0.1, 0.15) is 0 Å². The molecule has 0 amide bonds. The first-order chi connectivity index (χ1) is 5.86. The summed E-state index contributed by atoms with van der Waals surface area (Å²) in [6.07, 6.45) is 6.53. The van der Waals surface area contributed by atoms with E-state index in [4.69, 9.17) is 10.2 Å². The Bertz CT molecular complexity index is 188. The molecule has 0 aliphatic heterocycles. The van der Waals surface area contributed by atoms with Gasteiger partial charge in [0.25, 0.3) is 0 Å². The van der Waals surface area contributed by atoms with E-state index in [1.807, 2.05) is 0 Å². The lowest BCUT2D eigenvalue weighted by atomic mass is 9.90. The highest BCUT2D eigenvalue weighted by atomic mass is 16.3. The first kappa shape index (κ1) is 8.27. The third-order valence-corrected chi connectivity index (χ3v) is 3.49. The van der Waals surface area contributed by atoms with E-state index in [1.165, 1.54) is 0 Å². The molecule has 0 saturated heterocycles. The monoisotopic (exact) mass is 168 g/mol. The summed E-state index contributed by atoms with van der Waals surface area (Å²) in [5.41, 5.74) is 0. The van der Waals surface area contributed by atoms with Gasteiger partial charge in [-0.25, -0.2) is 0 Å². The maximum absolute atomic E-state index is 9.12. The van der Waals surface area contributed by atoms with Gasteiger partial charge >= 0.3 is 0 Å². The minimum Gasteiger partial charge on any atom is -0.396 e. The van der Waals surface area contributed by atoms with Crippen LogP contribution in [-0.4, -0.2) is 23.4 Å². The van der Waals surface area contributed by atoms with E-state index in [0.29, 0.717) is 30.3 Å². The molecule has 0 radical (unpaired) electrons. The molecule has 2 rings (SSSR count). The summed E-state index contributed by atoms with van der Waals surface area (Å²) >= 11 is 0. The number of rotatable bonds is 2. The van der Waals surface area contributed by atoms with Gasteiger partial charge < -0.3 is 10.2 Å². The second-order valence-corrected chi connectivity index (χ2v) is 4.03. The summed E-state index contributed by atoms with van der Waals surface area (Å²) < 4.78 is 0. The first-order valence-corrected chi connectivity index (χ1v) is 4.75. The molecule has 1 fully saturated rings. The van der Waals surface area contributed by atoms with Gasteiger partial charge in [-0.2, -0.15) is 0 Å². The van der Waals surface area contributed by atoms with Crippen molar-refractivity contribution in [2.45, 2.75) is 12.8 Å². The van der Waals surface area contributed by atoms with E-state index in [2.05, 4.69) is 12.2 Å². The quantitative estimate of drug-likeness (QED) is 0.599. The van der Waals surface area contributed by atoms with Crippen molar-refractivity contribution in [3.63, 3.8) is 0 Å². The summed E-state index contributed by atoms with van der Waals surface area (Å²) in [6.45, 7) is 0.571. The molecule has 2 aliphatic carbocycles. The van der Waals surface area contributed by atoms with Crippen molar-refractivity contribution in [2.24, 2.45) is 23.7 Å². The van der Waals surface area contributed by atoms with E-state index in [1.54, 1.807) is 0 Å². The van der Waals surface area contributed by atoms with Crippen LogP contribution in [0.1, 0.15) is 12.8 Å². The fourth-order valence-corrected chi connectivity index (χ4v) is 2.83. The number of aliphatic hydroxyl groups excluding tert-OH is 2. The molecular formula is C10H16O2. The first-order valence-electron chi connectivity index (χ1n) is 4.75. The number of fused-ring (bicyclic) bond motifs is 1. The summed E-state index contributed by atoms with van der Waals surface area (Å²) in [4.78, 5) is 0. The Morgan fingerprint density at radius 1 is 1.17 bits per heavy atom. The van der Waals surface area contributed by atoms with Crippen LogP contribution in [0.4, 0.5) is 0 Å². The Labute approximate surface area is 72.9 Å². The fraction of sp³-hybridized carbons (Fsp3) is 0.800. The van der Waals surface area contributed by atoms with Crippen LogP contribution in [0.3, 0.4) is 0 Å². The lowest BCUT2D eigenvalue weighted by Crippen LogP contribution is -2.14. The molecule has 0 bridgehead atoms. The standard InChI is InChI=1S/C10H16O2/c11-5-7-4-8(6-12)10-3-1-2-9(7)10/h1-2,7-12H,3-6H2/t7-,8+,9+,10-/m1/s1. The predicted molar refractivity (Wildman–Crippen MR) is 46.5 cm³/mol. The van der Waals surface area contributed by atoms with Crippen LogP contribution in [0.5, 0.6) is 0 Å². The summed E-state index contributed by atoms with van der Waals surface area (Å²) in [5, 5.41) is 18.2. The van der Waals surface area contributed by atoms with Crippen molar-refractivity contribution in [2.75, 3.05) is 13.2 Å². The van der Waals surface area contributed by atoms with Crippen LogP contribution in [0, 0.1) is 23.7 Å². The molecular weight excluding hydrogens is 152 g/mol. The topological polar surface area (TPSA) is 40.5 Å². The maximum atomic E-state index is 9.12. The normalized spacial score (nSPS) is 45.2. The van der Waals surface area contributed by atoms with Crippen LogP contribution in [0.2, 0.25) is 0 Å². The lowest BCUT2D eigenvalue weighted by Gasteiger charge is -2.16. The number of hydrogen-bond acceptors (Lipinski definition) is 2. The average Bonchev–Trinajstić information content (AvgIpc) is 2.63. The lowest BCUT2D eigenvalue weighted by molar-refractivity contribution is 0.189. The van der Waals surface area contributed by atoms with Crippen LogP contribution in [0.15, 0.2) is 12.2 Å². The van der Waals surface area contributed by atoms with Crippen LogP contribution < -0.4 is 0 Å². The summed E-state index contributed by atoms with van der Waals surface area (Å²) in [7, 11) is 0. The Balaban J connectivity index is 2.09. The molecule has 1 saturated carbocycles. The SMILES string of the molecule is OC[C@H]1C[C@@H](CO)[C@H]2CC=C[C@@H]12. The minimum absolute atomic E-state index is 0.280. The molecule has 0 aromatic rings. The van der Waals surface area contributed by atoms with E-state index in [-0.39, 0.29) is 6.61 Å². The molecule has 12 heavy (non-hydrogen) atoms. The van der Waals surface area contributed by atoms with Gasteiger partial charge in [-0.05, 0) is 36.5 Å². The van der Waals surface area contributed by atoms with Crippen molar-refractivity contribution in [3.8, 4) is 0 Å². The molecule has 0 aromatic carbocycles. The molecule has 4 atom stereocenters. The van der Waals surface area contributed by atoms with Crippen LogP contribution in [-0.2, 0) is 0 Å². The predicted octanol–water partition coefficient (Wildman–Crippen LogP) is 0.799. The minimum atomic E-state index is 0.280. The second-order valence-electron chi connectivity index (χ2n) is 4.03. The zero-order valence-electron chi connectivity index (χ0n) is 7.19. The Morgan fingerprint density at radius 2 is 1.92 bits per heavy atom. The van der Waals surface area contributed by atoms with Crippen LogP contribution >= 0.6 is 0 Å². The van der Waals surface area contributed by atoms with Gasteiger partial charge in [0.15, 0.2) is 0 Å². The molecule has 2 heteroatoms. The third kappa shape index (κ3) is 1.10. The Morgan fingerprint density at radius 3 is 2.58 bits per heavy atom. The average molecular weight is 168 g/mol. The molecule has 68 valence electrons. The molecule has 2 nitrogen and oxygen atoms in total. The fourth-order valence-electron chi connectivity index (χ4n) is 2.83. The number of hydrogen-bond donors (Lipinski definition) is 2. The van der Waals surface area contributed by atoms with Crippen LogP contribution in [0.25, 0.3) is 0 Å². The van der Waals surface area contributed by atoms with E-state index < -0.39 is 0 Å². The van der Waals surface area contributed by atoms with E-state index in [9.17, 15) is 0 Å². The van der Waals surface area contributed by atoms with E-state index in [0.717, 1.165) is 12.8 Å². The zero-order chi connectivity index (χ0) is 8.55. The highest BCUT2D eigenvalue weighted by molar-refractivity contribution is 5.09. The summed E-state index contributed by atoms with van der Waals surface area (Å²) in [6, 6.07) is 0. The summed E-state index contributed by atoms with van der Waals surface area (Å²) in [5.74, 6) is 2.01. The van der Waals surface area contributed by atoms with Gasteiger partial charge in [0.2, 0.25) is 0 Å². The number of aliphatic hydroxyl groups is 2. The Hall–Kier alpha value is -0.340. The molecule has 2 N–H and O–H groups in total. The van der Waals surface area contributed by atoms with Crippen molar-refractivity contribution in [3.05, 3.63) is 12.2 Å². The molecule has 0 aromatic heterocycles. The molecule has 0 unspecified atom stereocenters. The smallest absolute Gasteiger partial charge is 0.0465 e. The zero-order valence-corrected chi connectivity index (χ0v) is 7.19. The highest BCUT2D eigenvalue weighted by Crippen LogP contribution is 2.47.